The van der Waals surface area contributed by atoms with Crippen LogP contribution in [0.4, 0.5) is 0 Å². The summed E-state index contributed by atoms with van der Waals surface area (Å²) in [6.45, 7) is 3.40. The van der Waals surface area contributed by atoms with Crippen LogP contribution in [0.1, 0.15) is 13.8 Å². The van der Waals surface area contributed by atoms with Gasteiger partial charge in [0.15, 0.2) is 0 Å². The van der Waals surface area contributed by atoms with Crippen LogP contribution in [0.2, 0.25) is 0 Å². The van der Waals surface area contributed by atoms with Crippen molar-refractivity contribution < 1.29 is 12.6 Å². The molecule has 0 N–H and O–H groups in total. The highest BCUT2D eigenvalue weighted by Crippen LogP contribution is 2.10. The first-order valence-corrected chi connectivity index (χ1v) is 6.83. The van der Waals surface area contributed by atoms with Crippen molar-refractivity contribution in [2.75, 3.05) is 0 Å². The second-order valence-corrected chi connectivity index (χ2v) is 5.98. The third-order valence-electron chi connectivity index (χ3n) is 1.68. The first-order valence-electron chi connectivity index (χ1n) is 4.42. The van der Waals surface area contributed by atoms with Crippen LogP contribution in [-0.2, 0) is 14.3 Å². The van der Waals surface area contributed by atoms with Crippen molar-refractivity contribution in [1.29, 1.82) is 0 Å². The van der Waals surface area contributed by atoms with Gasteiger partial charge in [-0.2, -0.15) is 8.42 Å². The van der Waals surface area contributed by atoms with Gasteiger partial charge in [0.1, 0.15) is 0 Å². The van der Waals surface area contributed by atoms with Gasteiger partial charge in [-0.1, -0.05) is 23.4 Å². The number of hydrogen-bond donors (Lipinski definition) is 0. The molecule has 1 rings (SSSR count). The van der Waals surface area contributed by atoms with Crippen LogP contribution in [-0.4, -0.2) is 24.8 Å². The van der Waals surface area contributed by atoms with E-state index in [1.807, 2.05) is 12.1 Å². The molecular weight excluding hydrogens is 216 g/mol. The normalized spacial score (nSPS) is 12.2. The van der Waals surface area contributed by atoms with Gasteiger partial charge < -0.3 is 0 Å². The molecule has 0 aromatic heterocycles. The van der Waals surface area contributed by atoms with E-state index in [9.17, 15) is 8.42 Å². The smallest absolute Gasteiger partial charge is 0.264 e. The predicted octanol–water partition coefficient (Wildman–Crippen LogP) is -0.209. The molecule has 0 unspecified atom stereocenters. The molecule has 0 saturated carbocycles. The lowest BCUT2D eigenvalue weighted by molar-refractivity contribution is 0.249. The van der Waals surface area contributed by atoms with Gasteiger partial charge in [-0.3, -0.25) is 4.18 Å². The summed E-state index contributed by atoms with van der Waals surface area (Å²) in [5.41, 5.74) is 0. The Hall–Kier alpha value is -0.653. The molecule has 0 amide bonds. The van der Waals surface area contributed by atoms with Crippen molar-refractivity contribution in [2.24, 2.45) is 0 Å². The summed E-state index contributed by atoms with van der Waals surface area (Å²) in [4.78, 5) is 0.306. The fourth-order valence-corrected chi connectivity index (χ4v) is 3.57. The first kappa shape index (κ1) is 11.4. The second kappa shape index (κ2) is 4.25. The van der Waals surface area contributed by atoms with Crippen molar-refractivity contribution in [3.63, 3.8) is 0 Å². The van der Waals surface area contributed by atoms with Gasteiger partial charge in [0.05, 0.1) is 11.0 Å². The van der Waals surface area contributed by atoms with E-state index in [2.05, 4.69) is 0 Å². The maximum Gasteiger partial charge on any atom is 0.297 e. The van der Waals surface area contributed by atoms with E-state index < -0.39 is 10.1 Å². The lowest BCUT2D eigenvalue weighted by atomic mass is 10.4. The zero-order valence-electron chi connectivity index (χ0n) is 8.52. The highest BCUT2D eigenvalue weighted by Gasteiger charge is 2.18. The summed E-state index contributed by atoms with van der Waals surface area (Å²) in [6, 6.07) is 6.93. The molecule has 14 heavy (non-hydrogen) atoms. The molecule has 0 heterocycles. The minimum atomic E-state index is -3.56. The largest absolute Gasteiger partial charge is 0.297 e. The Kier molecular flexibility index (Phi) is 3.46. The molecule has 0 spiro atoms. The van der Waals surface area contributed by atoms with Gasteiger partial charge >= 0.3 is 0 Å². The molecule has 1 aromatic carbocycles. The van der Waals surface area contributed by atoms with E-state index in [1.54, 1.807) is 26.0 Å². The van der Waals surface area contributed by atoms with Crippen molar-refractivity contribution in [2.45, 2.75) is 24.8 Å². The van der Waals surface area contributed by atoms with E-state index >= 15 is 0 Å². The van der Waals surface area contributed by atoms with Crippen molar-refractivity contribution in [3.05, 3.63) is 24.3 Å². The Balaban J connectivity index is 3.11. The molecular formula is C9H14O3SSi. The molecule has 0 atom stereocenters. The first-order chi connectivity index (χ1) is 6.43. The lowest BCUT2D eigenvalue weighted by Gasteiger charge is -2.09. The van der Waals surface area contributed by atoms with E-state index in [0.717, 1.165) is 5.19 Å². The monoisotopic (exact) mass is 230 g/mol. The third kappa shape index (κ3) is 2.67. The van der Waals surface area contributed by atoms with Crippen LogP contribution in [0.25, 0.3) is 0 Å². The Morgan fingerprint density at radius 2 is 1.86 bits per heavy atom. The summed E-state index contributed by atoms with van der Waals surface area (Å²) in [5, 5.41) is 0.841. The maximum absolute atomic E-state index is 11.7. The lowest BCUT2D eigenvalue weighted by Crippen LogP contribution is -2.20. The molecule has 0 saturated heterocycles. The van der Waals surface area contributed by atoms with Gasteiger partial charge in [0.25, 0.3) is 10.1 Å². The van der Waals surface area contributed by atoms with Crippen LogP contribution < -0.4 is 5.19 Å². The standard InChI is InChI=1S/C9H14O3SSi/c1-7(2)12-13(10,11)8-5-3-4-6-9(8)14/h3-7H,1-2,14H3. The predicted molar refractivity (Wildman–Crippen MR) is 59.4 cm³/mol. The molecule has 1 aromatic rings. The van der Waals surface area contributed by atoms with Gasteiger partial charge in [-0.15, -0.1) is 0 Å². The molecule has 3 nitrogen and oxygen atoms in total. The molecule has 0 aliphatic carbocycles. The Labute approximate surface area is 87.6 Å². The highest BCUT2D eigenvalue weighted by atomic mass is 32.2. The quantitative estimate of drug-likeness (QED) is 0.533. The summed E-state index contributed by atoms with van der Waals surface area (Å²) >= 11 is 0. The van der Waals surface area contributed by atoms with E-state index in [1.165, 1.54) is 0 Å². The van der Waals surface area contributed by atoms with Crippen molar-refractivity contribution in [3.8, 4) is 0 Å². The molecule has 78 valence electrons. The second-order valence-electron chi connectivity index (χ2n) is 3.36. The SMILES string of the molecule is CC(C)OS(=O)(=O)c1ccccc1[SiH3]. The van der Waals surface area contributed by atoms with Crippen LogP contribution in [0, 0.1) is 0 Å². The Bertz CT molecular complexity index is 412. The molecule has 0 bridgehead atoms. The Morgan fingerprint density at radius 3 is 2.36 bits per heavy atom. The average Bonchev–Trinajstić information content (AvgIpc) is 2.02. The zero-order valence-corrected chi connectivity index (χ0v) is 11.3. The molecule has 0 radical (unpaired) electrons. The van der Waals surface area contributed by atoms with Crippen LogP contribution >= 0.6 is 0 Å². The summed E-state index contributed by atoms with van der Waals surface area (Å²) in [5.74, 6) is 0. The number of rotatable bonds is 3. The fraction of sp³-hybridized carbons (Fsp3) is 0.333. The summed E-state index contributed by atoms with van der Waals surface area (Å²) in [6.07, 6.45) is -0.318. The summed E-state index contributed by atoms with van der Waals surface area (Å²) < 4.78 is 28.2. The zero-order chi connectivity index (χ0) is 10.8. The van der Waals surface area contributed by atoms with Gasteiger partial charge in [0.2, 0.25) is 0 Å². The van der Waals surface area contributed by atoms with Gasteiger partial charge in [-0.25, -0.2) is 0 Å². The number of hydrogen-bond acceptors (Lipinski definition) is 3. The average molecular weight is 230 g/mol. The molecule has 0 fully saturated rings. The Morgan fingerprint density at radius 1 is 1.29 bits per heavy atom. The third-order valence-corrected chi connectivity index (χ3v) is 4.55. The minimum Gasteiger partial charge on any atom is -0.264 e. The van der Waals surface area contributed by atoms with Crippen molar-refractivity contribution >= 4 is 25.5 Å². The van der Waals surface area contributed by atoms with Crippen LogP contribution in [0.15, 0.2) is 29.2 Å². The molecule has 0 aliphatic rings. The topological polar surface area (TPSA) is 43.4 Å². The van der Waals surface area contributed by atoms with Gasteiger partial charge in [-0.05, 0) is 19.9 Å². The molecule has 5 heteroatoms. The molecule has 0 aliphatic heterocycles. The van der Waals surface area contributed by atoms with Crippen LogP contribution in [0.5, 0.6) is 0 Å². The fourth-order valence-electron chi connectivity index (χ4n) is 1.14. The van der Waals surface area contributed by atoms with Crippen molar-refractivity contribution in [1.82, 2.24) is 0 Å². The maximum atomic E-state index is 11.7. The number of benzene rings is 1. The van der Waals surface area contributed by atoms with E-state index in [4.69, 9.17) is 4.18 Å². The van der Waals surface area contributed by atoms with Gasteiger partial charge in [0, 0.05) is 10.2 Å². The summed E-state index contributed by atoms with van der Waals surface area (Å²) in [7, 11) is -2.86. The van der Waals surface area contributed by atoms with Crippen LogP contribution in [0.3, 0.4) is 0 Å². The van der Waals surface area contributed by atoms with E-state index in [0.29, 0.717) is 15.1 Å². The van der Waals surface area contributed by atoms with E-state index in [-0.39, 0.29) is 6.10 Å². The minimum absolute atomic E-state index is 0.306. The highest BCUT2D eigenvalue weighted by molar-refractivity contribution is 7.87.